The third-order valence-electron chi connectivity index (χ3n) is 2.91. The van der Waals surface area contributed by atoms with E-state index in [1.807, 2.05) is 19.9 Å². The molecule has 2 aromatic rings. The van der Waals surface area contributed by atoms with Gasteiger partial charge in [-0.25, -0.2) is 0 Å². The summed E-state index contributed by atoms with van der Waals surface area (Å²) in [6, 6.07) is 5.76. The van der Waals surface area contributed by atoms with Crippen LogP contribution in [0, 0.1) is 13.8 Å². The van der Waals surface area contributed by atoms with E-state index in [9.17, 15) is 13.2 Å². The van der Waals surface area contributed by atoms with Crippen molar-refractivity contribution >= 4 is 43.2 Å². The van der Waals surface area contributed by atoms with Gasteiger partial charge in [0.15, 0.2) is 0 Å². The Bertz CT molecular complexity index is 632. The summed E-state index contributed by atoms with van der Waals surface area (Å²) in [7, 11) is 0. The third kappa shape index (κ3) is 3.28. The average molecular weight is 428 g/mol. The molecule has 0 saturated carbocycles. The van der Waals surface area contributed by atoms with Crippen LogP contribution in [0.3, 0.4) is 0 Å². The zero-order valence-electron chi connectivity index (χ0n) is 10.7. The van der Waals surface area contributed by atoms with Crippen molar-refractivity contribution in [2.24, 2.45) is 0 Å². The van der Waals surface area contributed by atoms with Crippen LogP contribution >= 0.6 is 43.2 Å². The summed E-state index contributed by atoms with van der Waals surface area (Å²) in [6.07, 6.45) is -4.33. The highest BCUT2D eigenvalue weighted by Gasteiger charge is 2.32. The van der Waals surface area contributed by atoms with Crippen LogP contribution in [-0.4, -0.2) is 0 Å². The van der Waals surface area contributed by atoms with Gasteiger partial charge in [0.1, 0.15) is 0 Å². The SMILES string of the molecule is Cc1cc(C)c(C(Br)c2cc(C(F)(F)F)ccc2Br)s1. The van der Waals surface area contributed by atoms with Gasteiger partial charge < -0.3 is 0 Å². The molecule has 0 aliphatic heterocycles. The minimum absolute atomic E-state index is 0.252. The van der Waals surface area contributed by atoms with Crippen LogP contribution in [0.2, 0.25) is 0 Å². The summed E-state index contributed by atoms with van der Waals surface area (Å²) in [5.74, 6) is 0. The predicted octanol–water partition coefficient (Wildman–Crippen LogP) is 6.63. The Morgan fingerprint density at radius 1 is 1.15 bits per heavy atom. The van der Waals surface area contributed by atoms with Crippen LogP contribution in [-0.2, 0) is 6.18 Å². The first kappa shape index (κ1) is 16.0. The second kappa shape index (κ2) is 5.81. The Balaban J connectivity index is 2.49. The fourth-order valence-corrected chi connectivity index (χ4v) is 4.80. The molecule has 2 rings (SSSR count). The summed E-state index contributed by atoms with van der Waals surface area (Å²) in [4.78, 5) is 1.92. The number of halogens is 5. The number of hydrogen-bond acceptors (Lipinski definition) is 1. The van der Waals surface area contributed by atoms with Crippen LogP contribution in [0.4, 0.5) is 13.2 Å². The van der Waals surface area contributed by atoms with Crippen LogP contribution in [0.1, 0.15) is 31.3 Å². The molecule has 0 saturated heterocycles. The van der Waals surface area contributed by atoms with E-state index in [2.05, 4.69) is 31.9 Å². The van der Waals surface area contributed by atoms with Gasteiger partial charge in [0.25, 0.3) is 0 Å². The molecule has 1 unspecified atom stereocenters. The lowest BCUT2D eigenvalue weighted by Crippen LogP contribution is -2.06. The van der Waals surface area contributed by atoms with Crippen molar-refractivity contribution in [2.75, 3.05) is 0 Å². The first-order chi connectivity index (χ1) is 9.20. The van der Waals surface area contributed by atoms with Gasteiger partial charge in [-0.15, -0.1) is 11.3 Å². The van der Waals surface area contributed by atoms with E-state index in [4.69, 9.17) is 0 Å². The molecule has 0 nitrogen and oxygen atoms in total. The van der Waals surface area contributed by atoms with E-state index < -0.39 is 11.7 Å². The van der Waals surface area contributed by atoms with E-state index in [0.29, 0.717) is 10.0 Å². The molecule has 6 heteroatoms. The van der Waals surface area contributed by atoms with Gasteiger partial charge in [-0.2, -0.15) is 13.2 Å². The second-order valence-corrected chi connectivity index (χ2v) is 7.56. The fourth-order valence-electron chi connectivity index (χ4n) is 1.97. The predicted molar refractivity (Wildman–Crippen MR) is 83.7 cm³/mol. The summed E-state index contributed by atoms with van der Waals surface area (Å²) >= 11 is 8.45. The molecule has 108 valence electrons. The summed E-state index contributed by atoms with van der Waals surface area (Å²) in [5, 5.41) is 0. The van der Waals surface area contributed by atoms with Gasteiger partial charge in [0, 0.05) is 14.2 Å². The molecule has 0 aliphatic carbocycles. The van der Waals surface area contributed by atoms with Crippen molar-refractivity contribution in [3.05, 3.63) is 55.2 Å². The van der Waals surface area contributed by atoms with Gasteiger partial charge in [0.2, 0.25) is 0 Å². The minimum Gasteiger partial charge on any atom is -0.166 e. The Hall–Kier alpha value is -0.330. The van der Waals surface area contributed by atoms with E-state index in [0.717, 1.165) is 21.4 Å². The fraction of sp³-hybridized carbons (Fsp3) is 0.286. The van der Waals surface area contributed by atoms with E-state index in [1.165, 1.54) is 12.1 Å². The smallest absolute Gasteiger partial charge is 0.166 e. The highest BCUT2D eigenvalue weighted by atomic mass is 79.9. The summed E-state index contributed by atoms with van der Waals surface area (Å²) in [6.45, 7) is 3.96. The summed E-state index contributed by atoms with van der Waals surface area (Å²) in [5.41, 5.74) is 1.04. The second-order valence-electron chi connectivity index (χ2n) is 4.50. The lowest BCUT2D eigenvalue weighted by atomic mass is 10.1. The van der Waals surface area contributed by atoms with Crippen LogP contribution in [0.15, 0.2) is 28.7 Å². The number of alkyl halides is 4. The quantitative estimate of drug-likeness (QED) is 0.471. The average Bonchev–Trinajstić information content (AvgIpc) is 2.66. The molecular weight excluding hydrogens is 417 g/mol. The molecule has 20 heavy (non-hydrogen) atoms. The van der Waals surface area contributed by atoms with Crippen molar-refractivity contribution in [3.63, 3.8) is 0 Å². The molecule has 0 radical (unpaired) electrons. The Kier molecular flexibility index (Phi) is 4.66. The van der Waals surface area contributed by atoms with Gasteiger partial charge in [0.05, 0.1) is 10.4 Å². The van der Waals surface area contributed by atoms with Crippen molar-refractivity contribution in [1.82, 2.24) is 0 Å². The van der Waals surface area contributed by atoms with Gasteiger partial charge in [-0.1, -0.05) is 31.9 Å². The molecule has 0 N–H and O–H groups in total. The standard InChI is InChI=1S/C14H11Br2F3S/c1-7-5-8(2)20-13(7)12(16)10-6-9(14(17,18)19)3-4-11(10)15/h3-6,12H,1-2H3. The Morgan fingerprint density at radius 3 is 2.30 bits per heavy atom. The molecule has 1 atom stereocenters. The molecule has 0 fully saturated rings. The number of aryl methyl sites for hydroxylation is 2. The summed E-state index contributed by atoms with van der Waals surface area (Å²) < 4.78 is 39.1. The molecule has 1 aromatic heterocycles. The first-order valence-electron chi connectivity index (χ1n) is 5.78. The first-order valence-corrected chi connectivity index (χ1v) is 8.30. The monoisotopic (exact) mass is 426 g/mol. The maximum Gasteiger partial charge on any atom is 0.416 e. The molecule has 0 spiro atoms. The third-order valence-corrected chi connectivity index (χ3v) is 6.10. The molecule has 0 amide bonds. The number of rotatable bonds is 2. The Labute approximate surface area is 136 Å². The topological polar surface area (TPSA) is 0 Å². The van der Waals surface area contributed by atoms with Gasteiger partial charge in [-0.05, 0) is 49.2 Å². The molecular formula is C14H11Br2F3S. The van der Waals surface area contributed by atoms with Crippen molar-refractivity contribution < 1.29 is 13.2 Å². The van der Waals surface area contributed by atoms with Crippen molar-refractivity contribution in [3.8, 4) is 0 Å². The number of hydrogen-bond donors (Lipinski definition) is 0. The maximum atomic E-state index is 12.8. The highest BCUT2D eigenvalue weighted by Crippen LogP contribution is 2.42. The van der Waals surface area contributed by atoms with Crippen LogP contribution in [0.5, 0.6) is 0 Å². The van der Waals surface area contributed by atoms with Gasteiger partial charge >= 0.3 is 6.18 Å². The maximum absolute atomic E-state index is 12.8. The lowest BCUT2D eigenvalue weighted by Gasteiger charge is -2.15. The lowest BCUT2D eigenvalue weighted by molar-refractivity contribution is -0.137. The zero-order valence-corrected chi connectivity index (χ0v) is 14.7. The number of thiophene rings is 1. The van der Waals surface area contributed by atoms with Gasteiger partial charge in [-0.3, -0.25) is 0 Å². The largest absolute Gasteiger partial charge is 0.416 e. The zero-order chi connectivity index (χ0) is 15.1. The van der Waals surface area contributed by atoms with E-state index in [-0.39, 0.29) is 4.83 Å². The number of benzene rings is 1. The minimum atomic E-state index is -4.33. The van der Waals surface area contributed by atoms with E-state index in [1.54, 1.807) is 11.3 Å². The molecule has 1 heterocycles. The molecule has 1 aromatic carbocycles. The normalized spacial score (nSPS) is 13.6. The van der Waals surface area contributed by atoms with Crippen LogP contribution < -0.4 is 0 Å². The van der Waals surface area contributed by atoms with Crippen molar-refractivity contribution in [2.45, 2.75) is 24.9 Å². The Morgan fingerprint density at radius 2 is 1.80 bits per heavy atom. The molecule has 0 bridgehead atoms. The van der Waals surface area contributed by atoms with E-state index >= 15 is 0 Å². The van der Waals surface area contributed by atoms with Crippen LogP contribution in [0.25, 0.3) is 0 Å². The highest BCUT2D eigenvalue weighted by molar-refractivity contribution is 9.11. The van der Waals surface area contributed by atoms with Crippen molar-refractivity contribution in [1.29, 1.82) is 0 Å². The molecule has 0 aliphatic rings.